The van der Waals surface area contributed by atoms with Gasteiger partial charge in [-0.2, -0.15) is 5.10 Å². The average molecular weight is 484 g/mol. The number of carbonyl (C=O) groups is 1. The summed E-state index contributed by atoms with van der Waals surface area (Å²) in [6, 6.07) is 22.3. The summed E-state index contributed by atoms with van der Waals surface area (Å²) in [6.07, 6.45) is 1.54. The van der Waals surface area contributed by atoms with E-state index in [-0.39, 0.29) is 5.76 Å². The zero-order chi connectivity index (χ0) is 20.9. The van der Waals surface area contributed by atoms with Gasteiger partial charge >= 0.3 is 5.91 Å². The molecule has 1 N–H and O–H groups in total. The summed E-state index contributed by atoms with van der Waals surface area (Å²) < 4.78 is 12.1. The Kier molecular flexibility index (Phi) is 6.16. The number of halogens is 2. The van der Waals surface area contributed by atoms with Crippen LogP contribution in [0.1, 0.15) is 21.7 Å². The molecule has 0 radical (unpaired) electrons. The van der Waals surface area contributed by atoms with Crippen molar-refractivity contribution in [2.75, 3.05) is 0 Å². The highest BCUT2D eigenvalue weighted by Crippen LogP contribution is 2.26. The molecule has 0 atom stereocenters. The Morgan fingerprint density at radius 3 is 2.73 bits per heavy atom. The summed E-state index contributed by atoms with van der Waals surface area (Å²) in [5.74, 6) is 0.441. The molecule has 4 rings (SSSR count). The maximum absolute atomic E-state index is 12.2. The molecule has 0 aliphatic carbocycles. The number of hydrogen-bond donors (Lipinski definition) is 1. The van der Waals surface area contributed by atoms with Crippen molar-refractivity contribution in [3.8, 4) is 5.75 Å². The monoisotopic (exact) mass is 482 g/mol. The van der Waals surface area contributed by atoms with E-state index in [2.05, 4.69) is 26.5 Å². The van der Waals surface area contributed by atoms with Crippen molar-refractivity contribution in [1.29, 1.82) is 0 Å². The van der Waals surface area contributed by atoms with Crippen LogP contribution >= 0.6 is 27.5 Å². The minimum Gasteiger partial charge on any atom is -0.488 e. The van der Waals surface area contributed by atoms with Crippen molar-refractivity contribution < 1.29 is 13.9 Å². The standard InChI is InChI=1S/C23H16BrClN2O3/c24-19-10-16(6-8-21(19)29-14-15-4-2-1-3-5-15)13-26-27-23(28)22-12-17-11-18(25)7-9-20(17)30-22/h1-13H,14H2,(H,27,28)/b26-13+. The van der Waals surface area contributed by atoms with Gasteiger partial charge < -0.3 is 9.15 Å². The van der Waals surface area contributed by atoms with Gasteiger partial charge in [0.25, 0.3) is 0 Å². The van der Waals surface area contributed by atoms with E-state index in [1.54, 1.807) is 30.5 Å². The van der Waals surface area contributed by atoms with Crippen LogP contribution in [0.25, 0.3) is 11.0 Å². The molecule has 1 amide bonds. The van der Waals surface area contributed by atoms with Crippen molar-refractivity contribution in [2.24, 2.45) is 5.10 Å². The predicted octanol–water partition coefficient (Wildman–Crippen LogP) is 6.19. The van der Waals surface area contributed by atoms with Gasteiger partial charge in [-0.25, -0.2) is 5.43 Å². The minimum absolute atomic E-state index is 0.162. The van der Waals surface area contributed by atoms with E-state index < -0.39 is 5.91 Å². The lowest BCUT2D eigenvalue weighted by atomic mass is 10.2. The molecule has 0 saturated carbocycles. The molecule has 0 bridgehead atoms. The maximum atomic E-state index is 12.2. The molecule has 0 unspecified atom stereocenters. The van der Waals surface area contributed by atoms with Crippen LogP contribution in [0.4, 0.5) is 0 Å². The topological polar surface area (TPSA) is 63.8 Å². The lowest BCUT2D eigenvalue weighted by Crippen LogP contribution is -2.16. The van der Waals surface area contributed by atoms with Crippen molar-refractivity contribution in [2.45, 2.75) is 6.61 Å². The molecule has 0 fully saturated rings. The lowest BCUT2D eigenvalue weighted by Gasteiger charge is -2.08. The Labute approximate surface area is 186 Å². The number of benzene rings is 3. The fourth-order valence-electron chi connectivity index (χ4n) is 2.80. The van der Waals surface area contributed by atoms with Crippen molar-refractivity contribution >= 4 is 50.6 Å². The van der Waals surface area contributed by atoms with Gasteiger partial charge in [-0.3, -0.25) is 4.79 Å². The number of fused-ring (bicyclic) bond motifs is 1. The van der Waals surface area contributed by atoms with Crippen LogP contribution in [-0.4, -0.2) is 12.1 Å². The number of hydrazone groups is 1. The third-order valence-electron chi connectivity index (χ3n) is 4.27. The van der Waals surface area contributed by atoms with Crippen molar-refractivity contribution in [1.82, 2.24) is 5.43 Å². The molecule has 7 heteroatoms. The second-order valence-corrected chi connectivity index (χ2v) is 7.75. The minimum atomic E-state index is -0.444. The van der Waals surface area contributed by atoms with Crippen molar-refractivity contribution in [3.63, 3.8) is 0 Å². The van der Waals surface area contributed by atoms with Gasteiger partial charge in [0, 0.05) is 10.4 Å². The molecule has 1 aromatic heterocycles. The zero-order valence-electron chi connectivity index (χ0n) is 15.6. The Morgan fingerprint density at radius 1 is 1.10 bits per heavy atom. The van der Waals surface area contributed by atoms with E-state index in [1.807, 2.05) is 48.5 Å². The highest BCUT2D eigenvalue weighted by Gasteiger charge is 2.11. The van der Waals surface area contributed by atoms with Gasteiger partial charge in [-0.05, 0) is 69.5 Å². The molecule has 4 aromatic rings. The van der Waals surface area contributed by atoms with Crippen LogP contribution in [0, 0.1) is 0 Å². The van der Waals surface area contributed by atoms with E-state index in [1.165, 1.54) is 0 Å². The van der Waals surface area contributed by atoms with Crippen LogP contribution < -0.4 is 10.2 Å². The molecular weight excluding hydrogens is 468 g/mol. The maximum Gasteiger partial charge on any atom is 0.307 e. The Bertz CT molecular complexity index is 1220. The second-order valence-electron chi connectivity index (χ2n) is 6.46. The smallest absolute Gasteiger partial charge is 0.307 e. The second kappa shape index (κ2) is 9.15. The highest BCUT2D eigenvalue weighted by molar-refractivity contribution is 9.10. The summed E-state index contributed by atoms with van der Waals surface area (Å²) in [6.45, 7) is 0.478. The lowest BCUT2D eigenvalue weighted by molar-refractivity contribution is 0.0929. The Morgan fingerprint density at radius 2 is 1.93 bits per heavy atom. The molecule has 0 aliphatic heterocycles. The number of amides is 1. The summed E-state index contributed by atoms with van der Waals surface area (Å²) >= 11 is 9.46. The molecule has 0 aliphatic rings. The van der Waals surface area contributed by atoms with Crippen LogP contribution in [0.3, 0.4) is 0 Å². The number of ether oxygens (including phenoxy) is 1. The number of hydrogen-bond acceptors (Lipinski definition) is 4. The van der Waals surface area contributed by atoms with Crippen LogP contribution in [0.2, 0.25) is 5.02 Å². The van der Waals surface area contributed by atoms with E-state index in [9.17, 15) is 4.79 Å². The number of nitrogens with one attached hydrogen (secondary N) is 1. The fourth-order valence-corrected chi connectivity index (χ4v) is 3.49. The molecule has 0 saturated heterocycles. The van der Waals surface area contributed by atoms with Gasteiger partial charge in [-0.15, -0.1) is 0 Å². The van der Waals surface area contributed by atoms with E-state index in [4.69, 9.17) is 20.8 Å². The first kappa shape index (κ1) is 20.2. The number of nitrogens with zero attached hydrogens (tertiary/aromatic N) is 1. The quantitative estimate of drug-likeness (QED) is 0.263. The normalized spacial score (nSPS) is 11.1. The van der Waals surface area contributed by atoms with Gasteiger partial charge in [-0.1, -0.05) is 41.9 Å². The predicted molar refractivity (Wildman–Crippen MR) is 121 cm³/mol. The number of furan rings is 1. The van der Waals surface area contributed by atoms with Gasteiger partial charge in [0.05, 0.1) is 10.7 Å². The molecule has 30 heavy (non-hydrogen) atoms. The first-order chi connectivity index (χ1) is 14.6. The first-order valence-electron chi connectivity index (χ1n) is 9.07. The summed E-state index contributed by atoms with van der Waals surface area (Å²) in [7, 11) is 0. The number of carbonyl (C=O) groups excluding carboxylic acids is 1. The molecule has 0 spiro atoms. The van der Waals surface area contributed by atoms with Crippen LogP contribution in [0.5, 0.6) is 5.75 Å². The molecule has 1 heterocycles. The van der Waals surface area contributed by atoms with E-state index in [0.717, 1.165) is 26.7 Å². The van der Waals surface area contributed by atoms with Gasteiger partial charge in [0.1, 0.15) is 17.9 Å². The average Bonchev–Trinajstić information content (AvgIpc) is 3.17. The number of rotatable bonds is 6. The highest BCUT2D eigenvalue weighted by atomic mass is 79.9. The van der Waals surface area contributed by atoms with Crippen molar-refractivity contribution in [3.05, 3.63) is 99.2 Å². The SMILES string of the molecule is O=C(N/N=C/c1ccc(OCc2ccccc2)c(Br)c1)c1cc2cc(Cl)ccc2o1. The molecule has 150 valence electrons. The van der Waals surface area contributed by atoms with Crippen LogP contribution in [0.15, 0.2) is 86.8 Å². The van der Waals surface area contributed by atoms with E-state index >= 15 is 0 Å². The largest absolute Gasteiger partial charge is 0.488 e. The molecular formula is C23H16BrClN2O3. The zero-order valence-corrected chi connectivity index (χ0v) is 18.0. The first-order valence-corrected chi connectivity index (χ1v) is 10.2. The summed E-state index contributed by atoms with van der Waals surface area (Å²) in [5, 5.41) is 5.33. The summed E-state index contributed by atoms with van der Waals surface area (Å²) in [5.41, 5.74) is 4.93. The Hall–Kier alpha value is -3.09. The van der Waals surface area contributed by atoms with Gasteiger partial charge in [0.15, 0.2) is 5.76 Å². The van der Waals surface area contributed by atoms with Gasteiger partial charge in [0.2, 0.25) is 0 Å². The fraction of sp³-hybridized carbons (Fsp3) is 0.0435. The van der Waals surface area contributed by atoms with Crippen LogP contribution in [-0.2, 0) is 6.61 Å². The third kappa shape index (κ3) is 4.90. The summed E-state index contributed by atoms with van der Waals surface area (Å²) in [4.78, 5) is 12.2. The Balaban J connectivity index is 1.37. The molecule has 5 nitrogen and oxygen atoms in total. The molecule has 3 aromatic carbocycles. The third-order valence-corrected chi connectivity index (χ3v) is 5.13. The van der Waals surface area contributed by atoms with E-state index in [0.29, 0.717) is 17.2 Å².